The minimum Gasteiger partial charge on any atom is -0.384 e. The predicted octanol–water partition coefficient (Wildman–Crippen LogP) is 0.625. The molecule has 0 radical (unpaired) electrons. The number of aliphatic hydroxyl groups excluding tert-OH is 1. The monoisotopic (exact) mass is 313 g/mol. The van der Waals surface area contributed by atoms with Crippen LogP contribution < -0.4 is 4.72 Å². The smallest absolute Gasteiger partial charge is 0.242 e. The Bertz CT molecular complexity index is 678. The highest BCUT2D eigenvalue weighted by Crippen LogP contribution is 2.20. The number of hydrogen-bond donors (Lipinski definition) is 2. The van der Waals surface area contributed by atoms with Gasteiger partial charge in [0.2, 0.25) is 10.0 Å². The molecule has 0 bridgehead atoms. The van der Waals surface area contributed by atoms with Crippen molar-refractivity contribution in [2.75, 3.05) is 13.2 Å². The van der Waals surface area contributed by atoms with Crippen molar-refractivity contribution < 1.29 is 22.7 Å². The predicted molar refractivity (Wildman–Crippen MR) is 74.5 cm³/mol. The summed E-state index contributed by atoms with van der Waals surface area (Å²) in [4.78, 5) is -0.107. The third-order valence-electron chi connectivity index (χ3n) is 3.22. The largest absolute Gasteiger partial charge is 0.384 e. The van der Waals surface area contributed by atoms with Crippen molar-refractivity contribution in [1.29, 1.82) is 0 Å². The highest BCUT2D eigenvalue weighted by Gasteiger charge is 2.30. The molecule has 2 atom stereocenters. The lowest BCUT2D eigenvalue weighted by molar-refractivity contribution is 0.117. The molecule has 7 heteroatoms. The molecule has 2 unspecified atom stereocenters. The minimum atomic E-state index is -3.84. The van der Waals surface area contributed by atoms with Gasteiger partial charge in [-0.1, -0.05) is 11.8 Å². The molecule has 0 spiro atoms. The number of aliphatic hydroxyl groups is 1. The first-order valence-electron chi connectivity index (χ1n) is 6.47. The van der Waals surface area contributed by atoms with E-state index in [1.165, 1.54) is 6.07 Å². The third kappa shape index (κ3) is 3.80. The zero-order valence-electron chi connectivity index (χ0n) is 11.5. The van der Waals surface area contributed by atoms with Crippen molar-refractivity contribution in [3.63, 3.8) is 0 Å². The van der Waals surface area contributed by atoms with Crippen LogP contribution in [0.25, 0.3) is 0 Å². The van der Waals surface area contributed by atoms with Crippen LogP contribution in [0, 0.1) is 17.7 Å². The Morgan fingerprint density at radius 2 is 2.29 bits per heavy atom. The minimum absolute atomic E-state index is 0.0168. The summed E-state index contributed by atoms with van der Waals surface area (Å²) < 4.78 is 45.9. The Morgan fingerprint density at radius 1 is 1.52 bits per heavy atom. The van der Waals surface area contributed by atoms with E-state index in [4.69, 9.17) is 9.84 Å². The standard InChI is InChI=1S/C14H16FNO4S/c1-10-13(6-8-20-10)16-21(18,19)14-5-4-12(15)9-11(14)3-2-7-17/h4-5,9-10,13,16-17H,6-8H2,1H3. The van der Waals surface area contributed by atoms with E-state index in [1.807, 2.05) is 0 Å². The Labute approximate surface area is 123 Å². The normalized spacial score (nSPS) is 21.9. The van der Waals surface area contributed by atoms with Crippen molar-refractivity contribution in [2.24, 2.45) is 0 Å². The van der Waals surface area contributed by atoms with Crippen molar-refractivity contribution in [3.05, 3.63) is 29.6 Å². The van der Waals surface area contributed by atoms with Crippen LogP contribution in [0.3, 0.4) is 0 Å². The lowest BCUT2D eigenvalue weighted by Gasteiger charge is -2.17. The lowest BCUT2D eigenvalue weighted by Crippen LogP contribution is -2.39. The second-order valence-electron chi connectivity index (χ2n) is 4.69. The number of sulfonamides is 1. The number of benzene rings is 1. The van der Waals surface area contributed by atoms with Crippen molar-refractivity contribution in [3.8, 4) is 11.8 Å². The molecule has 1 aromatic carbocycles. The number of ether oxygens (including phenoxy) is 1. The highest BCUT2D eigenvalue weighted by atomic mass is 32.2. The van der Waals surface area contributed by atoms with Crippen molar-refractivity contribution in [2.45, 2.75) is 30.4 Å². The molecule has 0 aliphatic carbocycles. The van der Waals surface area contributed by atoms with Gasteiger partial charge in [-0.15, -0.1) is 0 Å². The Kier molecular flexibility index (Phi) is 4.96. The maximum Gasteiger partial charge on any atom is 0.242 e. The van der Waals surface area contributed by atoms with Crippen molar-refractivity contribution in [1.82, 2.24) is 4.72 Å². The van der Waals surface area contributed by atoms with Crippen LogP contribution >= 0.6 is 0 Å². The summed E-state index contributed by atoms with van der Waals surface area (Å²) in [6.07, 6.45) is 0.367. The lowest BCUT2D eigenvalue weighted by atomic mass is 10.2. The maximum absolute atomic E-state index is 13.3. The average molecular weight is 313 g/mol. The first kappa shape index (κ1) is 15.9. The molecule has 1 aliphatic heterocycles. The van der Waals surface area contributed by atoms with Gasteiger partial charge >= 0.3 is 0 Å². The molecule has 1 fully saturated rings. The van der Waals surface area contributed by atoms with Crippen LogP contribution in [-0.4, -0.2) is 38.9 Å². The van der Waals surface area contributed by atoms with Crippen LogP contribution in [0.5, 0.6) is 0 Å². The Hall–Kier alpha value is -1.46. The van der Waals surface area contributed by atoms with Crippen LogP contribution in [0.15, 0.2) is 23.1 Å². The quantitative estimate of drug-likeness (QED) is 0.803. The van der Waals surface area contributed by atoms with E-state index >= 15 is 0 Å². The van der Waals surface area contributed by atoms with Gasteiger partial charge in [0, 0.05) is 12.2 Å². The van der Waals surface area contributed by atoms with Gasteiger partial charge in [-0.2, -0.15) is 0 Å². The Balaban J connectivity index is 2.35. The van der Waals surface area contributed by atoms with Crippen molar-refractivity contribution >= 4 is 10.0 Å². The molecular formula is C14H16FNO4S. The van der Waals surface area contributed by atoms with Gasteiger partial charge < -0.3 is 9.84 Å². The molecule has 0 aromatic heterocycles. The zero-order valence-corrected chi connectivity index (χ0v) is 12.3. The molecule has 5 nitrogen and oxygen atoms in total. The van der Waals surface area contributed by atoms with Crippen LogP contribution in [-0.2, 0) is 14.8 Å². The second-order valence-corrected chi connectivity index (χ2v) is 6.38. The fourth-order valence-electron chi connectivity index (χ4n) is 2.12. The summed E-state index contributed by atoms with van der Waals surface area (Å²) in [5.74, 6) is 4.20. The van der Waals surface area contributed by atoms with Crippen LogP contribution in [0.4, 0.5) is 4.39 Å². The molecule has 1 aliphatic rings. The van der Waals surface area contributed by atoms with Gasteiger partial charge in [-0.25, -0.2) is 17.5 Å². The van der Waals surface area contributed by atoms with Gasteiger partial charge in [-0.05, 0) is 31.5 Å². The molecular weight excluding hydrogens is 297 g/mol. The molecule has 1 aromatic rings. The molecule has 1 heterocycles. The van der Waals surface area contributed by atoms with E-state index in [0.717, 1.165) is 12.1 Å². The van der Waals surface area contributed by atoms with Gasteiger partial charge in [-0.3, -0.25) is 0 Å². The maximum atomic E-state index is 13.3. The van der Waals surface area contributed by atoms with Gasteiger partial charge in [0.15, 0.2) is 0 Å². The number of rotatable bonds is 3. The third-order valence-corrected chi connectivity index (χ3v) is 4.76. The molecule has 2 N–H and O–H groups in total. The summed E-state index contributed by atoms with van der Waals surface area (Å²) in [6.45, 7) is 1.85. The highest BCUT2D eigenvalue weighted by molar-refractivity contribution is 7.89. The first-order chi connectivity index (χ1) is 9.94. The average Bonchev–Trinajstić information content (AvgIpc) is 2.81. The topological polar surface area (TPSA) is 75.6 Å². The van der Waals surface area contributed by atoms with Crippen LogP contribution in [0.1, 0.15) is 18.9 Å². The zero-order chi connectivity index (χ0) is 15.5. The fourth-order valence-corrected chi connectivity index (χ4v) is 3.60. The van der Waals surface area contributed by atoms with E-state index in [1.54, 1.807) is 6.92 Å². The summed E-state index contributed by atoms with van der Waals surface area (Å²) in [6, 6.07) is 2.94. The van der Waals surface area contributed by atoms with E-state index in [-0.39, 0.29) is 22.6 Å². The number of halogens is 1. The number of nitrogens with one attached hydrogen (secondary N) is 1. The molecule has 2 rings (SSSR count). The van der Waals surface area contributed by atoms with E-state index in [2.05, 4.69) is 16.6 Å². The second kappa shape index (κ2) is 6.54. The first-order valence-corrected chi connectivity index (χ1v) is 7.95. The summed E-state index contributed by atoms with van der Waals surface area (Å²) >= 11 is 0. The summed E-state index contributed by atoms with van der Waals surface area (Å²) in [5.41, 5.74) is 0.0168. The molecule has 114 valence electrons. The van der Waals surface area contributed by atoms with Crippen LogP contribution in [0.2, 0.25) is 0 Å². The molecule has 21 heavy (non-hydrogen) atoms. The van der Waals surface area contributed by atoms with Gasteiger partial charge in [0.1, 0.15) is 12.4 Å². The van der Waals surface area contributed by atoms with E-state index in [0.29, 0.717) is 13.0 Å². The number of hydrogen-bond acceptors (Lipinski definition) is 4. The SMILES string of the molecule is CC1OCCC1NS(=O)(=O)c1ccc(F)cc1C#CCO. The molecule has 0 saturated carbocycles. The van der Waals surface area contributed by atoms with E-state index < -0.39 is 22.4 Å². The van der Waals surface area contributed by atoms with E-state index in [9.17, 15) is 12.8 Å². The molecule has 1 saturated heterocycles. The summed E-state index contributed by atoms with van der Waals surface area (Å²) in [7, 11) is -3.84. The fraction of sp³-hybridized carbons (Fsp3) is 0.429. The summed E-state index contributed by atoms with van der Waals surface area (Å²) in [5, 5.41) is 8.71. The molecule has 0 amide bonds. The Morgan fingerprint density at radius 3 is 2.90 bits per heavy atom. The van der Waals surface area contributed by atoms with Gasteiger partial charge in [0.05, 0.1) is 17.0 Å². The van der Waals surface area contributed by atoms with Gasteiger partial charge in [0.25, 0.3) is 0 Å².